The monoisotopic (exact) mass is 264 g/mol. The number of benzene rings is 1. The van der Waals surface area contributed by atoms with Crippen molar-refractivity contribution in [3.8, 4) is 0 Å². The number of rotatable bonds is 5. The zero-order valence-corrected chi connectivity index (χ0v) is 11.9. The van der Waals surface area contributed by atoms with Gasteiger partial charge in [-0.05, 0) is 25.8 Å². The van der Waals surface area contributed by atoms with E-state index in [1.165, 1.54) is 0 Å². The highest BCUT2D eigenvalue weighted by Crippen LogP contribution is 2.13. The summed E-state index contributed by atoms with van der Waals surface area (Å²) >= 11 is 5.03. The Morgan fingerprint density at radius 2 is 1.89 bits per heavy atom. The zero-order valence-electron chi connectivity index (χ0n) is 11.1. The van der Waals surface area contributed by atoms with Gasteiger partial charge in [0.05, 0.1) is 10.9 Å². The van der Waals surface area contributed by atoms with Crippen molar-refractivity contribution >= 4 is 23.1 Å². The predicted molar refractivity (Wildman–Crippen MR) is 78.3 cm³/mol. The van der Waals surface area contributed by atoms with E-state index in [1.807, 2.05) is 44.2 Å². The molecule has 0 aliphatic heterocycles. The Morgan fingerprint density at radius 1 is 1.33 bits per heavy atom. The minimum atomic E-state index is -0.421. The first-order valence-corrected chi connectivity index (χ1v) is 6.44. The largest absolute Gasteiger partial charge is 0.393 e. The van der Waals surface area contributed by atoms with Crippen LogP contribution >= 0.6 is 12.2 Å². The smallest absolute Gasteiger partial charge is 0.232 e. The second kappa shape index (κ2) is 6.50. The van der Waals surface area contributed by atoms with Crippen LogP contribution in [0.3, 0.4) is 0 Å². The molecule has 1 atom stereocenters. The molecule has 18 heavy (non-hydrogen) atoms. The second-order valence-corrected chi connectivity index (χ2v) is 5.16. The fourth-order valence-electron chi connectivity index (χ4n) is 1.66. The molecule has 2 N–H and O–H groups in total. The first-order valence-electron chi connectivity index (χ1n) is 6.03. The van der Waals surface area contributed by atoms with Gasteiger partial charge < -0.3 is 10.6 Å². The maximum Gasteiger partial charge on any atom is 0.232 e. The van der Waals surface area contributed by atoms with Gasteiger partial charge in [-0.25, -0.2) is 0 Å². The Bertz CT molecular complexity index is 417. The van der Waals surface area contributed by atoms with Crippen molar-refractivity contribution in [1.29, 1.82) is 0 Å². The highest BCUT2D eigenvalue weighted by atomic mass is 32.1. The van der Waals surface area contributed by atoms with Crippen LogP contribution < -0.4 is 5.73 Å². The average molecular weight is 264 g/mol. The third-order valence-corrected chi connectivity index (χ3v) is 3.33. The van der Waals surface area contributed by atoms with Crippen LogP contribution in [0.5, 0.6) is 0 Å². The molecule has 98 valence electrons. The predicted octanol–water partition coefficient (Wildman–Crippen LogP) is 2.00. The summed E-state index contributed by atoms with van der Waals surface area (Å²) in [6.07, 6.45) is 0.562. The van der Waals surface area contributed by atoms with Crippen molar-refractivity contribution in [1.82, 2.24) is 4.90 Å². The lowest BCUT2D eigenvalue weighted by molar-refractivity contribution is -0.133. The van der Waals surface area contributed by atoms with Crippen LogP contribution in [0.4, 0.5) is 0 Å². The SMILES string of the molecule is CC(C)N(C)C(=O)C(Cc1ccccc1)C(N)=S. The molecule has 0 aliphatic carbocycles. The maximum absolute atomic E-state index is 12.3. The quantitative estimate of drug-likeness (QED) is 0.827. The number of nitrogens with zero attached hydrogens (tertiary/aromatic N) is 1. The summed E-state index contributed by atoms with van der Waals surface area (Å²) in [5.74, 6) is -0.434. The Kier molecular flexibility index (Phi) is 5.28. The summed E-state index contributed by atoms with van der Waals surface area (Å²) in [7, 11) is 1.78. The first-order chi connectivity index (χ1) is 8.43. The van der Waals surface area contributed by atoms with E-state index in [1.54, 1.807) is 11.9 Å². The topological polar surface area (TPSA) is 46.3 Å². The van der Waals surface area contributed by atoms with E-state index >= 15 is 0 Å². The lowest BCUT2D eigenvalue weighted by Crippen LogP contribution is -2.43. The first kappa shape index (κ1) is 14.6. The minimum absolute atomic E-state index is 0.0126. The van der Waals surface area contributed by atoms with E-state index in [2.05, 4.69) is 0 Å². The molecule has 0 aromatic heterocycles. The molecule has 0 heterocycles. The Hall–Kier alpha value is -1.42. The molecule has 0 aliphatic rings. The van der Waals surface area contributed by atoms with Crippen LogP contribution in [0.15, 0.2) is 30.3 Å². The van der Waals surface area contributed by atoms with Gasteiger partial charge in [-0.3, -0.25) is 4.79 Å². The van der Waals surface area contributed by atoms with Crippen LogP contribution in [0, 0.1) is 5.92 Å². The van der Waals surface area contributed by atoms with Gasteiger partial charge in [0.1, 0.15) is 0 Å². The molecule has 0 bridgehead atoms. The standard InChI is InChI=1S/C14H20N2OS/c1-10(2)16(3)14(17)12(13(15)18)9-11-7-5-4-6-8-11/h4-8,10,12H,9H2,1-3H3,(H2,15,18). The minimum Gasteiger partial charge on any atom is -0.393 e. The van der Waals surface area contributed by atoms with E-state index in [-0.39, 0.29) is 16.9 Å². The number of carbonyl (C=O) groups excluding carboxylic acids is 1. The van der Waals surface area contributed by atoms with Gasteiger partial charge in [0.2, 0.25) is 5.91 Å². The average Bonchev–Trinajstić information content (AvgIpc) is 2.35. The molecular formula is C14H20N2OS. The van der Waals surface area contributed by atoms with Gasteiger partial charge in [0.15, 0.2) is 0 Å². The third kappa shape index (κ3) is 3.81. The molecule has 0 saturated heterocycles. The molecule has 1 rings (SSSR count). The van der Waals surface area contributed by atoms with Crippen molar-refractivity contribution in [3.63, 3.8) is 0 Å². The van der Waals surface area contributed by atoms with E-state index in [9.17, 15) is 4.79 Å². The van der Waals surface area contributed by atoms with Gasteiger partial charge >= 0.3 is 0 Å². The van der Waals surface area contributed by atoms with Gasteiger partial charge in [-0.15, -0.1) is 0 Å². The van der Waals surface area contributed by atoms with Gasteiger partial charge in [-0.1, -0.05) is 42.5 Å². The summed E-state index contributed by atoms with van der Waals surface area (Å²) in [6, 6.07) is 9.94. The van der Waals surface area contributed by atoms with Crippen LogP contribution in [0.1, 0.15) is 19.4 Å². The second-order valence-electron chi connectivity index (χ2n) is 4.69. The summed E-state index contributed by atoms with van der Waals surface area (Å²) in [5.41, 5.74) is 6.78. The number of thiocarbonyl (C=S) groups is 1. The summed E-state index contributed by atoms with van der Waals surface area (Å²) in [6.45, 7) is 3.94. The van der Waals surface area contributed by atoms with E-state index in [0.29, 0.717) is 6.42 Å². The van der Waals surface area contributed by atoms with Gasteiger partial charge in [-0.2, -0.15) is 0 Å². The zero-order chi connectivity index (χ0) is 13.7. The van der Waals surface area contributed by atoms with Crippen LogP contribution in [0.25, 0.3) is 0 Å². The molecule has 1 aromatic carbocycles. The molecule has 3 nitrogen and oxygen atoms in total. The fourth-order valence-corrected chi connectivity index (χ4v) is 1.84. The summed E-state index contributed by atoms with van der Waals surface area (Å²) in [4.78, 5) is 14.2. The lowest BCUT2D eigenvalue weighted by Gasteiger charge is -2.26. The highest BCUT2D eigenvalue weighted by Gasteiger charge is 2.26. The molecule has 1 aromatic rings. The van der Waals surface area contributed by atoms with Crippen molar-refractivity contribution in [2.75, 3.05) is 7.05 Å². The molecular weight excluding hydrogens is 244 g/mol. The van der Waals surface area contributed by atoms with Crippen molar-refractivity contribution in [3.05, 3.63) is 35.9 Å². The Morgan fingerprint density at radius 3 is 2.33 bits per heavy atom. The molecule has 0 saturated carbocycles. The molecule has 1 unspecified atom stereocenters. The fraction of sp³-hybridized carbons (Fsp3) is 0.429. The molecule has 4 heteroatoms. The normalized spacial score (nSPS) is 12.2. The van der Waals surface area contributed by atoms with E-state index in [0.717, 1.165) is 5.56 Å². The number of hydrogen-bond donors (Lipinski definition) is 1. The van der Waals surface area contributed by atoms with Crippen LogP contribution in [0.2, 0.25) is 0 Å². The number of carbonyl (C=O) groups is 1. The summed E-state index contributed by atoms with van der Waals surface area (Å²) < 4.78 is 0. The summed E-state index contributed by atoms with van der Waals surface area (Å²) in [5, 5.41) is 0. The molecule has 0 spiro atoms. The van der Waals surface area contributed by atoms with E-state index in [4.69, 9.17) is 18.0 Å². The van der Waals surface area contributed by atoms with E-state index < -0.39 is 5.92 Å². The van der Waals surface area contributed by atoms with Crippen LogP contribution in [-0.2, 0) is 11.2 Å². The third-order valence-electron chi connectivity index (χ3n) is 3.05. The molecule has 1 amide bonds. The van der Waals surface area contributed by atoms with Gasteiger partial charge in [0.25, 0.3) is 0 Å². The highest BCUT2D eigenvalue weighted by molar-refractivity contribution is 7.80. The molecule has 0 fully saturated rings. The molecule has 0 radical (unpaired) electrons. The van der Waals surface area contributed by atoms with Gasteiger partial charge in [0, 0.05) is 13.1 Å². The van der Waals surface area contributed by atoms with Crippen LogP contribution in [-0.4, -0.2) is 28.9 Å². The van der Waals surface area contributed by atoms with Crippen molar-refractivity contribution < 1.29 is 4.79 Å². The number of nitrogens with two attached hydrogens (primary N) is 1. The number of hydrogen-bond acceptors (Lipinski definition) is 2. The van der Waals surface area contributed by atoms with Crippen molar-refractivity contribution in [2.24, 2.45) is 11.7 Å². The van der Waals surface area contributed by atoms with Crippen molar-refractivity contribution in [2.45, 2.75) is 26.3 Å². The number of amides is 1. The lowest BCUT2D eigenvalue weighted by atomic mass is 9.97. The Labute approximate surface area is 114 Å². The maximum atomic E-state index is 12.3. The Balaban J connectivity index is 2.84.